The van der Waals surface area contributed by atoms with E-state index in [0.717, 1.165) is 12.4 Å². The number of nitrogens with zero attached hydrogens (tertiary/aromatic N) is 3. The molecule has 1 aromatic heterocycles. The summed E-state index contributed by atoms with van der Waals surface area (Å²) in [5.41, 5.74) is 0. The van der Waals surface area contributed by atoms with Crippen molar-refractivity contribution in [3.05, 3.63) is 12.2 Å². The van der Waals surface area contributed by atoms with Crippen molar-refractivity contribution in [1.29, 1.82) is 0 Å². The lowest BCUT2D eigenvalue weighted by atomic mass is 9.98. The van der Waals surface area contributed by atoms with Crippen LogP contribution >= 0.6 is 0 Å². The van der Waals surface area contributed by atoms with Crippen LogP contribution in [0.3, 0.4) is 0 Å². The van der Waals surface area contributed by atoms with Gasteiger partial charge in [0.25, 0.3) is 0 Å². The predicted octanol–water partition coefficient (Wildman–Crippen LogP) is 1.88. The fourth-order valence-electron chi connectivity index (χ4n) is 1.01. The topological polar surface area (TPSA) is 30.7 Å². The number of hydrogen-bond acceptors (Lipinski definition) is 2. The molecule has 0 saturated heterocycles. The quantitative estimate of drug-likeness (QED) is 0.688. The Labute approximate surface area is 73.8 Å². The van der Waals surface area contributed by atoms with Crippen LogP contribution in [0.25, 0.3) is 0 Å². The van der Waals surface area contributed by atoms with Gasteiger partial charge in [0.15, 0.2) is 0 Å². The van der Waals surface area contributed by atoms with Gasteiger partial charge < -0.3 is 4.57 Å². The van der Waals surface area contributed by atoms with E-state index in [1.807, 2.05) is 6.92 Å². The molecule has 0 amide bonds. The van der Waals surface area contributed by atoms with Gasteiger partial charge in [0.05, 0.1) is 0 Å². The molecule has 3 nitrogen and oxygen atoms in total. The fraction of sp³-hybridized carbons (Fsp3) is 0.778. The molecule has 0 N–H and O–H groups in total. The standard InChI is InChI=1S/C9H17N3/c1-7(2)8(3)5-12-6-10-11-9(12)4/h6-8H,5H2,1-4H3. The van der Waals surface area contributed by atoms with Crippen molar-refractivity contribution in [2.24, 2.45) is 11.8 Å². The molecular weight excluding hydrogens is 150 g/mol. The van der Waals surface area contributed by atoms with Gasteiger partial charge in [-0.1, -0.05) is 20.8 Å². The van der Waals surface area contributed by atoms with E-state index in [-0.39, 0.29) is 0 Å². The van der Waals surface area contributed by atoms with Gasteiger partial charge in [0.1, 0.15) is 12.2 Å². The van der Waals surface area contributed by atoms with E-state index in [1.54, 1.807) is 6.33 Å². The van der Waals surface area contributed by atoms with Crippen LogP contribution in [0.2, 0.25) is 0 Å². The lowest BCUT2D eigenvalue weighted by Crippen LogP contribution is -2.13. The lowest BCUT2D eigenvalue weighted by molar-refractivity contribution is 0.361. The second-order valence-corrected chi connectivity index (χ2v) is 3.75. The van der Waals surface area contributed by atoms with Crippen LogP contribution in [0.5, 0.6) is 0 Å². The van der Waals surface area contributed by atoms with Crippen LogP contribution in [0, 0.1) is 18.8 Å². The zero-order valence-electron chi connectivity index (χ0n) is 8.28. The third-order valence-electron chi connectivity index (χ3n) is 2.43. The molecule has 3 heteroatoms. The molecule has 0 spiro atoms. The highest BCUT2D eigenvalue weighted by Crippen LogP contribution is 2.12. The van der Waals surface area contributed by atoms with Gasteiger partial charge in [-0.05, 0) is 18.8 Å². The van der Waals surface area contributed by atoms with Crippen LogP contribution in [0.15, 0.2) is 6.33 Å². The van der Waals surface area contributed by atoms with Crippen molar-refractivity contribution >= 4 is 0 Å². The van der Waals surface area contributed by atoms with Gasteiger partial charge in [0, 0.05) is 6.54 Å². The minimum Gasteiger partial charge on any atom is -0.318 e. The molecule has 0 aliphatic heterocycles. The molecule has 12 heavy (non-hydrogen) atoms. The van der Waals surface area contributed by atoms with Crippen molar-refractivity contribution in [2.75, 3.05) is 0 Å². The molecule has 0 aliphatic rings. The average molecular weight is 167 g/mol. The first-order valence-corrected chi connectivity index (χ1v) is 4.45. The van der Waals surface area contributed by atoms with Gasteiger partial charge >= 0.3 is 0 Å². The first kappa shape index (κ1) is 9.23. The summed E-state index contributed by atoms with van der Waals surface area (Å²) in [6.07, 6.45) is 1.80. The molecule has 0 saturated carbocycles. The van der Waals surface area contributed by atoms with E-state index in [4.69, 9.17) is 0 Å². The summed E-state index contributed by atoms with van der Waals surface area (Å²) in [4.78, 5) is 0. The van der Waals surface area contributed by atoms with Crippen molar-refractivity contribution < 1.29 is 0 Å². The van der Waals surface area contributed by atoms with Crippen LogP contribution < -0.4 is 0 Å². The summed E-state index contributed by atoms with van der Waals surface area (Å²) in [7, 11) is 0. The Hall–Kier alpha value is -0.860. The predicted molar refractivity (Wildman–Crippen MR) is 48.8 cm³/mol. The first-order chi connectivity index (χ1) is 5.61. The van der Waals surface area contributed by atoms with Crippen LogP contribution in [0.4, 0.5) is 0 Å². The normalized spacial score (nSPS) is 13.8. The third-order valence-corrected chi connectivity index (χ3v) is 2.43. The lowest BCUT2D eigenvalue weighted by Gasteiger charge is -2.15. The average Bonchev–Trinajstić information content (AvgIpc) is 2.36. The Bertz CT molecular complexity index is 240. The van der Waals surface area contributed by atoms with E-state index < -0.39 is 0 Å². The van der Waals surface area contributed by atoms with Gasteiger partial charge in [-0.3, -0.25) is 0 Å². The monoisotopic (exact) mass is 167 g/mol. The minimum atomic E-state index is 0.680. The summed E-state index contributed by atoms with van der Waals surface area (Å²) in [6.45, 7) is 9.75. The molecule has 1 unspecified atom stereocenters. The zero-order valence-corrected chi connectivity index (χ0v) is 8.28. The van der Waals surface area contributed by atoms with Crippen molar-refractivity contribution in [2.45, 2.75) is 34.2 Å². The number of hydrogen-bond donors (Lipinski definition) is 0. The highest BCUT2D eigenvalue weighted by Gasteiger charge is 2.08. The maximum atomic E-state index is 3.94. The number of aryl methyl sites for hydroxylation is 1. The van der Waals surface area contributed by atoms with E-state index in [2.05, 4.69) is 35.5 Å². The van der Waals surface area contributed by atoms with Crippen LogP contribution in [-0.4, -0.2) is 14.8 Å². The van der Waals surface area contributed by atoms with E-state index in [0.29, 0.717) is 11.8 Å². The van der Waals surface area contributed by atoms with Gasteiger partial charge in [0.2, 0.25) is 0 Å². The van der Waals surface area contributed by atoms with E-state index in [1.165, 1.54) is 0 Å². The molecular formula is C9H17N3. The Morgan fingerprint density at radius 2 is 2.08 bits per heavy atom. The first-order valence-electron chi connectivity index (χ1n) is 4.45. The smallest absolute Gasteiger partial charge is 0.129 e. The van der Waals surface area contributed by atoms with Crippen LogP contribution in [-0.2, 0) is 6.54 Å². The molecule has 1 atom stereocenters. The van der Waals surface area contributed by atoms with Gasteiger partial charge in [-0.2, -0.15) is 0 Å². The maximum Gasteiger partial charge on any atom is 0.129 e. The Kier molecular flexibility index (Phi) is 2.84. The van der Waals surface area contributed by atoms with E-state index >= 15 is 0 Å². The largest absolute Gasteiger partial charge is 0.318 e. The van der Waals surface area contributed by atoms with Crippen molar-refractivity contribution in [3.8, 4) is 0 Å². The fourth-order valence-corrected chi connectivity index (χ4v) is 1.01. The molecule has 1 heterocycles. The second-order valence-electron chi connectivity index (χ2n) is 3.75. The SMILES string of the molecule is Cc1nncn1CC(C)C(C)C. The van der Waals surface area contributed by atoms with E-state index in [9.17, 15) is 0 Å². The summed E-state index contributed by atoms with van der Waals surface area (Å²) >= 11 is 0. The Balaban J connectivity index is 2.58. The second kappa shape index (κ2) is 3.70. The highest BCUT2D eigenvalue weighted by atomic mass is 15.3. The molecule has 0 aliphatic carbocycles. The molecule has 1 aromatic rings. The van der Waals surface area contributed by atoms with Crippen molar-refractivity contribution in [3.63, 3.8) is 0 Å². The van der Waals surface area contributed by atoms with Crippen molar-refractivity contribution in [1.82, 2.24) is 14.8 Å². The number of rotatable bonds is 3. The molecule has 0 fully saturated rings. The summed E-state index contributed by atoms with van der Waals surface area (Å²) in [5, 5.41) is 7.79. The molecule has 68 valence electrons. The summed E-state index contributed by atoms with van der Waals surface area (Å²) in [5.74, 6) is 2.40. The highest BCUT2D eigenvalue weighted by molar-refractivity contribution is 4.80. The molecule has 0 radical (unpaired) electrons. The zero-order chi connectivity index (χ0) is 9.14. The summed E-state index contributed by atoms with van der Waals surface area (Å²) in [6, 6.07) is 0. The molecule has 0 bridgehead atoms. The Morgan fingerprint density at radius 1 is 1.42 bits per heavy atom. The van der Waals surface area contributed by atoms with Gasteiger partial charge in [-0.25, -0.2) is 0 Å². The third kappa shape index (κ3) is 2.06. The Morgan fingerprint density at radius 3 is 2.50 bits per heavy atom. The van der Waals surface area contributed by atoms with Gasteiger partial charge in [-0.15, -0.1) is 10.2 Å². The number of aromatic nitrogens is 3. The molecule has 1 rings (SSSR count). The minimum absolute atomic E-state index is 0.680. The summed E-state index contributed by atoms with van der Waals surface area (Å²) < 4.78 is 2.10. The molecule has 0 aromatic carbocycles. The van der Waals surface area contributed by atoms with Crippen LogP contribution in [0.1, 0.15) is 26.6 Å². The maximum absolute atomic E-state index is 3.94.